The topological polar surface area (TPSA) is 41.9 Å². The minimum absolute atomic E-state index is 0.00763. The molecule has 4 nitrogen and oxygen atoms in total. The summed E-state index contributed by atoms with van der Waals surface area (Å²) in [5, 5.41) is 10.2. The van der Waals surface area contributed by atoms with Crippen molar-refractivity contribution < 1.29 is 14.6 Å². The minimum atomic E-state index is -0.00763. The van der Waals surface area contributed by atoms with Crippen molar-refractivity contribution in [2.45, 2.75) is 32.9 Å². The SMILES string of the molecule is CCOc1cccc(CN2CCOCC2(C)C)c1O. The number of nitrogens with zero attached hydrogens (tertiary/aromatic N) is 1. The molecule has 0 aromatic heterocycles. The van der Waals surface area contributed by atoms with E-state index < -0.39 is 0 Å². The highest BCUT2D eigenvalue weighted by atomic mass is 16.5. The van der Waals surface area contributed by atoms with Gasteiger partial charge in [-0.3, -0.25) is 4.90 Å². The van der Waals surface area contributed by atoms with Gasteiger partial charge in [0.05, 0.1) is 19.8 Å². The third-order valence-electron chi connectivity index (χ3n) is 3.56. The maximum absolute atomic E-state index is 10.2. The Hall–Kier alpha value is -1.26. The average Bonchev–Trinajstić information content (AvgIpc) is 2.36. The Balaban J connectivity index is 2.16. The first-order chi connectivity index (χ1) is 9.04. The van der Waals surface area contributed by atoms with E-state index in [-0.39, 0.29) is 11.3 Å². The summed E-state index contributed by atoms with van der Waals surface area (Å²) in [6.45, 7) is 9.85. The van der Waals surface area contributed by atoms with Gasteiger partial charge in [0.25, 0.3) is 0 Å². The summed E-state index contributed by atoms with van der Waals surface area (Å²) < 4.78 is 10.9. The first-order valence-electron chi connectivity index (χ1n) is 6.81. The molecule has 1 N–H and O–H groups in total. The normalized spacial score (nSPS) is 19.3. The van der Waals surface area contributed by atoms with E-state index in [4.69, 9.17) is 9.47 Å². The van der Waals surface area contributed by atoms with E-state index in [9.17, 15) is 5.11 Å². The van der Waals surface area contributed by atoms with Crippen molar-refractivity contribution in [3.8, 4) is 11.5 Å². The number of rotatable bonds is 4. The number of para-hydroxylation sites is 1. The van der Waals surface area contributed by atoms with Crippen LogP contribution in [0.5, 0.6) is 11.5 Å². The number of benzene rings is 1. The van der Waals surface area contributed by atoms with E-state index in [0.717, 1.165) is 25.3 Å². The summed E-state index contributed by atoms with van der Waals surface area (Å²) in [5.74, 6) is 0.817. The van der Waals surface area contributed by atoms with Crippen molar-refractivity contribution in [2.75, 3.05) is 26.4 Å². The molecule has 1 fully saturated rings. The number of phenolic OH excluding ortho intramolecular Hbond substituents is 1. The molecule has 1 heterocycles. The first kappa shape index (κ1) is 14.2. The van der Waals surface area contributed by atoms with Gasteiger partial charge in [-0.05, 0) is 26.8 Å². The van der Waals surface area contributed by atoms with Crippen molar-refractivity contribution in [1.82, 2.24) is 4.90 Å². The van der Waals surface area contributed by atoms with Gasteiger partial charge in [-0.1, -0.05) is 12.1 Å². The fraction of sp³-hybridized carbons (Fsp3) is 0.600. The summed E-state index contributed by atoms with van der Waals surface area (Å²) in [6.07, 6.45) is 0. The fourth-order valence-electron chi connectivity index (χ4n) is 2.36. The Morgan fingerprint density at radius 2 is 2.21 bits per heavy atom. The van der Waals surface area contributed by atoms with E-state index in [0.29, 0.717) is 18.9 Å². The lowest BCUT2D eigenvalue weighted by atomic mass is 10.0. The van der Waals surface area contributed by atoms with Crippen LogP contribution in [0.2, 0.25) is 0 Å². The van der Waals surface area contributed by atoms with Crippen LogP contribution in [-0.2, 0) is 11.3 Å². The molecule has 0 aliphatic carbocycles. The van der Waals surface area contributed by atoms with E-state index in [1.54, 1.807) is 6.07 Å². The van der Waals surface area contributed by atoms with E-state index in [1.807, 2.05) is 19.1 Å². The molecule has 0 spiro atoms. The quantitative estimate of drug-likeness (QED) is 0.907. The average molecular weight is 265 g/mol. The fourth-order valence-corrected chi connectivity index (χ4v) is 2.36. The summed E-state index contributed by atoms with van der Waals surface area (Å²) >= 11 is 0. The number of phenols is 1. The Morgan fingerprint density at radius 1 is 1.42 bits per heavy atom. The highest BCUT2D eigenvalue weighted by Gasteiger charge is 2.31. The molecule has 0 bridgehead atoms. The molecule has 1 aliphatic heterocycles. The zero-order chi connectivity index (χ0) is 13.9. The number of hydrogen-bond acceptors (Lipinski definition) is 4. The minimum Gasteiger partial charge on any atom is -0.504 e. The summed E-state index contributed by atoms with van der Waals surface area (Å²) in [7, 11) is 0. The van der Waals surface area contributed by atoms with Crippen LogP contribution in [0.15, 0.2) is 18.2 Å². The van der Waals surface area contributed by atoms with E-state index in [1.165, 1.54) is 0 Å². The van der Waals surface area contributed by atoms with Crippen LogP contribution < -0.4 is 4.74 Å². The van der Waals surface area contributed by atoms with Gasteiger partial charge >= 0.3 is 0 Å². The molecule has 1 aromatic carbocycles. The summed E-state index contributed by atoms with van der Waals surface area (Å²) in [5.41, 5.74) is 0.896. The van der Waals surface area contributed by atoms with Gasteiger partial charge in [-0.2, -0.15) is 0 Å². The van der Waals surface area contributed by atoms with E-state index >= 15 is 0 Å². The lowest BCUT2D eigenvalue weighted by Crippen LogP contribution is -2.52. The molecule has 0 atom stereocenters. The molecule has 1 saturated heterocycles. The van der Waals surface area contributed by atoms with Gasteiger partial charge in [0, 0.05) is 24.2 Å². The lowest BCUT2D eigenvalue weighted by molar-refractivity contribution is -0.0555. The van der Waals surface area contributed by atoms with Gasteiger partial charge < -0.3 is 14.6 Å². The number of aromatic hydroxyl groups is 1. The van der Waals surface area contributed by atoms with Crippen molar-refractivity contribution in [3.05, 3.63) is 23.8 Å². The van der Waals surface area contributed by atoms with Crippen LogP contribution in [0, 0.1) is 0 Å². The van der Waals surface area contributed by atoms with Crippen LogP contribution in [-0.4, -0.2) is 41.9 Å². The summed E-state index contributed by atoms with van der Waals surface area (Å²) in [6, 6.07) is 5.67. The summed E-state index contributed by atoms with van der Waals surface area (Å²) in [4.78, 5) is 2.33. The van der Waals surface area contributed by atoms with Crippen LogP contribution in [0.1, 0.15) is 26.3 Å². The molecule has 4 heteroatoms. The monoisotopic (exact) mass is 265 g/mol. The van der Waals surface area contributed by atoms with Crippen LogP contribution >= 0.6 is 0 Å². The van der Waals surface area contributed by atoms with Gasteiger partial charge in [0.1, 0.15) is 0 Å². The Labute approximate surface area is 114 Å². The Bertz CT molecular complexity index is 431. The maximum Gasteiger partial charge on any atom is 0.162 e. The number of morpholine rings is 1. The molecule has 1 aliphatic rings. The standard InChI is InChI=1S/C15H23NO3/c1-4-19-13-7-5-6-12(14(13)17)10-16-8-9-18-11-15(16,2)3/h5-7,17H,4,8-11H2,1-3H3. The Kier molecular flexibility index (Phi) is 4.32. The second-order valence-corrected chi connectivity index (χ2v) is 5.48. The van der Waals surface area contributed by atoms with Gasteiger partial charge in [-0.25, -0.2) is 0 Å². The molecule has 0 unspecified atom stereocenters. The Morgan fingerprint density at radius 3 is 2.89 bits per heavy atom. The predicted molar refractivity (Wildman–Crippen MR) is 74.6 cm³/mol. The third kappa shape index (κ3) is 3.19. The zero-order valence-corrected chi connectivity index (χ0v) is 12.0. The van der Waals surface area contributed by atoms with Crippen molar-refractivity contribution in [1.29, 1.82) is 0 Å². The maximum atomic E-state index is 10.2. The number of ether oxygens (including phenoxy) is 2. The zero-order valence-electron chi connectivity index (χ0n) is 12.0. The second-order valence-electron chi connectivity index (χ2n) is 5.48. The van der Waals surface area contributed by atoms with Crippen LogP contribution in [0.3, 0.4) is 0 Å². The molecule has 106 valence electrons. The highest BCUT2D eigenvalue weighted by Crippen LogP contribution is 2.32. The second kappa shape index (κ2) is 5.80. The molecule has 1 aromatic rings. The van der Waals surface area contributed by atoms with E-state index in [2.05, 4.69) is 18.7 Å². The van der Waals surface area contributed by atoms with Gasteiger partial charge in [-0.15, -0.1) is 0 Å². The lowest BCUT2D eigenvalue weighted by Gasteiger charge is -2.42. The predicted octanol–water partition coefficient (Wildman–Crippen LogP) is 2.40. The smallest absolute Gasteiger partial charge is 0.162 e. The van der Waals surface area contributed by atoms with Crippen molar-refractivity contribution in [2.24, 2.45) is 0 Å². The van der Waals surface area contributed by atoms with Crippen molar-refractivity contribution in [3.63, 3.8) is 0 Å². The van der Waals surface area contributed by atoms with Crippen LogP contribution in [0.4, 0.5) is 0 Å². The molecule has 2 rings (SSSR count). The molecule has 0 saturated carbocycles. The van der Waals surface area contributed by atoms with Gasteiger partial charge in [0.15, 0.2) is 11.5 Å². The molecule has 0 radical (unpaired) electrons. The highest BCUT2D eigenvalue weighted by molar-refractivity contribution is 5.45. The number of hydrogen-bond donors (Lipinski definition) is 1. The van der Waals surface area contributed by atoms with Crippen molar-refractivity contribution >= 4 is 0 Å². The molecular formula is C15H23NO3. The molecule has 0 amide bonds. The molecule has 19 heavy (non-hydrogen) atoms. The third-order valence-corrected chi connectivity index (χ3v) is 3.56. The first-order valence-corrected chi connectivity index (χ1v) is 6.81. The van der Waals surface area contributed by atoms with Gasteiger partial charge in [0.2, 0.25) is 0 Å². The largest absolute Gasteiger partial charge is 0.504 e. The van der Waals surface area contributed by atoms with Crippen LogP contribution in [0.25, 0.3) is 0 Å². The molecular weight excluding hydrogens is 242 g/mol.